The van der Waals surface area contributed by atoms with Gasteiger partial charge in [-0.05, 0) is 59.8 Å². The molecule has 2 N–H and O–H groups in total. The molecule has 2 heteroatoms. The molecule has 0 saturated heterocycles. The highest BCUT2D eigenvalue weighted by molar-refractivity contribution is 5.62. The van der Waals surface area contributed by atoms with Crippen LogP contribution in [0.5, 0.6) is 0 Å². The van der Waals surface area contributed by atoms with Crippen LogP contribution in [0, 0.1) is 0 Å². The van der Waals surface area contributed by atoms with Crippen molar-refractivity contribution in [2.75, 3.05) is 17.3 Å². The second kappa shape index (κ2) is 10.4. The molecule has 2 unspecified atom stereocenters. The van der Waals surface area contributed by atoms with E-state index in [1.807, 2.05) is 0 Å². The Hall–Kier alpha value is -1.96. The molecule has 0 radical (unpaired) electrons. The zero-order valence-electron chi connectivity index (χ0n) is 18.2. The van der Waals surface area contributed by atoms with Crippen LogP contribution in [0.1, 0.15) is 88.5 Å². The van der Waals surface area contributed by atoms with Gasteiger partial charge in [0.15, 0.2) is 0 Å². The van der Waals surface area contributed by atoms with Crippen molar-refractivity contribution in [3.05, 3.63) is 58.7 Å². The van der Waals surface area contributed by atoms with Gasteiger partial charge in [0.05, 0.1) is 6.67 Å². The fraction of sp³-hybridized carbons (Fsp3) is 0.520. The summed E-state index contributed by atoms with van der Waals surface area (Å²) in [4.78, 5) is 0. The van der Waals surface area contributed by atoms with Crippen molar-refractivity contribution in [1.82, 2.24) is 0 Å². The first kappa shape index (κ1) is 21.3. The van der Waals surface area contributed by atoms with Crippen LogP contribution in [-0.4, -0.2) is 6.67 Å². The Morgan fingerprint density at radius 1 is 0.667 bits per heavy atom. The molecule has 148 valence electrons. The minimum Gasteiger partial charge on any atom is -0.367 e. The van der Waals surface area contributed by atoms with Crippen LogP contribution in [0.15, 0.2) is 36.4 Å². The molecule has 0 aliphatic rings. The number of hydrogen-bond donors (Lipinski definition) is 2. The van der Waals surface area contributed by atoms with Gasteiger partial charge in [0.25, 0.3) is 0 Å². The lowest BCUT2D eigenvalue weighted by atomic mass is 9.93. The molecular weight excluding hydrogens is 328 g/mol. The van der Waals surface area contributed by atoms with E-state index in [4.69, 9.17) is 0 Å². The fourth-order valence-corrected chi connectivity index (χ4v) is 3.74. The molecule has 2 atom stereocenters. The third kappa shape index (κ3) is 5.06. The SMILES string of the molecule is CCc1cccc(C(C)CC)c1NCNc1c(CC)cccc1C(C)CC. The molecule has 0 amide bonds. The van der Waals surface area contributed by atoms with E-state index < -0.39 is 0 Å². The molecule has 0 heterocycles. The molecule has 27 heavy (non-hydrogen) atoms. The van der Waals surface area contributed by atoms with Gasteiger partial charge >= 0.3 is 0 Å². The molecule has 0 bridgehead atoms. The minimum absolute atomic E-state index is 0.567. The van der Waals surface area contributed by atoms with Gasteiger partial charge in [-0.3, -0.25) is 0 Å². The van der Waals surface area contributed by atoms with Gasteiger partial charge in [-0.2, -0.15) is 0 Å². The van der Waals surface area contributed by atoms with E-state index >= 15 is 0 Å². The van der Waals surface area contributed by atoms with Crippen LogP contribution < -0.4 is 10.6 Å². The van der Waals surface area contributed by atoms with Crippen LogP contribution in [0.3, 0.4) is 0 Å². The maximum Gasteiger partial charge on any atom is 0.0849 e. The van der Waals surface area contributed by atoms with Crippen LogP contribution in [-0.2, 0) is 12.8 Å². The van der Waals surface area contributed by atoms with Crippen LogP contribution >= 0.6 is 0 Å². The van der Waals surface area contributed by atoms with Crippen molar-refractivity contribution in [2.45, 2.75) is 79.1 Å². The summed E-state index contributed by atoms with van der Waals surface area (Å²) in [6.45, 7) is 14.4. The number of aryl methyl sites for hydroxylation is 2. The summed E-state index contributed by atoms with van der Waals surface area (Å²) in [5.41, 5.74) is 8.32. The molecule has 0 aromatic heterocycles. The van der Waals surface area contributed by atoms with Crippen molar-refractivity contribution < 1.29 is 0 Å². The second-order valence-electron chi connectivity index (χ2n) is 7.62. The third-order valence-electron chi connectivity index (χ3n) is 5.94. The molecule has 0 aliphatic carbocycles. The normalized spacial score (nSPS) is 13.3. The van der Waals surface area contributed by atoms with Crippen LogP contribution in [0.4, 0.5) is 11.4 Å². The highest BCUT2D eigenvalue weighted by atomic mass is 15.1. The third-order valence-corrected chi connectivity index (χ3v) is 5.94. The van der Waals surface area contributed by atoms with Gasteiger partial charge in [0, 0.05) is 11.4 Å². The smallest absolute Gasteiger partial charge is 0.0849 e. The van der Waals surface area contributed by atoms with Crippen LogP contribution in [0.25, 0.3) is 0 Å². The van der Waals surface area contributed by atoms with Gasteiger partial charge in [0.1, 0.15) is 0 Å². The maximum atomic E-state index is 3.72. The highest BCUT2D eigenvalue weighted by Crippen LogP contribution is 2.32. The largest absolute Gasteiger partial charge is 0.367 e. The zero-order chi connectivity index (χ0) is 19.8. The Balaban J connectivity index is 2.25. The summed E-state index contributed by atoms with van der Waals surface area (Å²) in [6.07, 6.45) is 4.42. The Kier molecular flexibility index (Phi) is 8.22. The topological polar surface area (TPSA) is 24.1 Å². The lowest BCUT2D eigenvalue weighted by Gasteiger charge is -2.23. The summed E-state index contributed by atoms with van der Waals surface area (Å²) >= 11 is 0. The molecule has 0 aliphatic heterocycles. The first-order valence-corrected chi connectivity index (χ1v) is 10.8. The number of nitrogens with one attached hydrogen (secondary N) is 2. The summed E-state index contributed by atoms with van der Waals surface area (Å²) in [5, 5.41) is 7.44. The Morgan fingerprint density at radius 3 is 1.41 bits per heavy atom. The molecule has 0 spiro atoms. The summed E-state index contributed by atoms with van der Waals surface area (Å²) in [7, 11) is 0. The molecule has 2 aromatic carbocycles. The molecular formula is C25H38N2. The monoisotopic (exact) mass is 366 g/mol. The standard InChI is InChI=1S/C25H38N2/c1-7-18(5)22-15-11-13-20(9-3)24(22)26-17-27-25-21(10-4)14-12-16-23(25)19(6)8-2/h11-16,18-19,26-27H,7-10,17H2,1-6H3. The number of para-hydroxylation sites is 2. The predicted molar refractivity (Wildman–Crippen MR) is 121 cm³/mol. The maximum absolute atomic E-state index is 3.72. The number of hydrogen-bond acceptors (Lipinski definition) is 2. The van der Waals surface area contributed by atoms with Gasteiger partial charge in [0.2, 0.25) is 0 Å². The highest BCUT2D eigenvalue weighted by Gasteiger charge is 2.14. The number of anilines is 2. The van der Waals surface area contributed by atoms with Crippen molar-refractivity contribution in [3.63, 3.8) is 0 Å². The first-order chi connectivity index (χ1) is 13.1. The van der Waals surface area contributed by atoms with Crippen molar-refractivity contribution in [1.29, 1.82) is 0 Å². The summed E-state index contributed by atoms with van der Waals surface area (Å²) in [6, 6.07) is 13.5. The molecule has 0 fully saturated rings. The van der Waals surface area contributed by atoms with E-state index in [1.165, 1.54) is 33.6 Å². The van der Waals surface area contributed by atoms with Crippen molar-refractivity contribution in [2.24, 2.45) is 0 Å². The van der Waals surface area contributed by atoms with Gasteiger partial charge in [-0.25, -0.2) is 0 Å². The van der Waals surface area contributed by atoms with E-state index in [0.717, 1.165) is 32.4 Å². The quantitative estimate of drug-likeness (QED) is 0.430. The van der Waals surface area contributed by atoms with Gasteiger partial charge in [-0.1, -0.05) is 77.9 Å². The lowest BCUT2D eigenvalue weighted by Crippen LogP contribution is -2.17. The van der Waals surface area contributed by atoms with Gasteiger partial charge in [-0.15, -0.1) is 0 Å². The van der Waals surface area contributed by atoms with Gasteiger partial charge < -0.3 is 10.6 Å². The number of rotatable bonds is 10. The predicted octanol–water partition coefficient (Wildman–Crippen LogP) is 7.32. The molecule has 2 aromatic rings. The first-order valence-electron chi connectivity index (χ1n) is 10.8. The van der Waals surface area contributed by atoms with Crippen molar-refractivity contribution >= 4 is 11.4 Å². The average molecular weight is 367 g/mol. The fourth-order valence-electron chi connectivity index (χ4n) is 3.74. The molecule has 2 nitrogen and oxygen atoms in total. The van der Waals surface area contributed by atoms with E-state index in [-0.39, 0.29) is 0 Å². The summed E-state index contributed by atoms with van der Waals surface area (Å²) < 4.78 is 0. The van der Waals surface area contributed by atoms with E-state index in [9.17, 15) is 0 Å². The van der Waals surface area contributed by atoms with Crippen LogP contribution in [0.2, 0.25) is 0 Å². The Morgan fingerprint density at radius 2 is 1.07 bits per heavy atom. The minimum atomic E-state index is 0.567. The Labute approximate surface area is 166 Å². The van der Waals surface area contributed by atoms with E-state index in [1.54, 1.807) is 0 Å². The van der Waals surface area contributed by atoms with E-state index in [2.05, 4.69) is 88.6 Å². The Bertz CT molecular complexity index is 659. The second-order valence-corrected chi connectivity index (χ2v) is 7.62. The van der Waals surface area contributed by atoms with Crippen molar-refractivity contribution in [3.8, 4) is 0 Å². The molecule has 0 saturated carbocycles. The molecule has 2 rings (SSSR count). The lowest BCUT2D eigenvalue weighted by molar-refractivity contribution is 0.731. The zero-order valence-corrected chi connectivity index (χ0v) is 18.2. The summed E-state index contributed by atoms with van der Waals surface area (Å²) in [5.74, 6) is 1.13. The average Bonchev–Trinajstić information content (AvgIpc) is 2.72. The number of benzene rings is 2. The van der Waals surface area contributed by atoms with E-state index in [0.29, 0.717) is 11.8 Å².